The number of hydrogen-bond acceptors (Lipinski definition) is 2. The third-order valence-corrected chi connectivity index (χ3v) is 3.96. The SMILES string of the molecule is CCc1cc(-c2ccc(-c3ccc(C(=O)O)cc3)[nH]2)nn1CC(F)(F)F. The summed E-state index contributed by atoms with van der Waals surface area (Å²) in [6, 6.07) is 11.5. The molecule has 2 heterocycles. The Morgan fingerprint density at radius 2 is 1.81 bits per heavy atom. The molecule has 136 valence electrons. The van der Waals surface area contributed by atoms with Crippen LogP contribution in [0.1, 0.15) is 23.0 Å². The number of aromatic carboxylic acids is 1. The summed E-state index contributed by atoms with van der Waals surface area (Å²) in [5.74, 6) is -1.01. The van der Waals surface area contributed by atoms with Gasteiger partial charge >= 0.3 is 12.1 Å². The number of carbonyl (C=O) groups is 1. The number of aromatic amines is 1. The first-order valence-corrected chi connectivity index (χ1v) is 7.93. The Balaban J connectivity index is 1.89. The lowest BCUT2D eigenvalue weighted by atomic mass is 10.1. The predicted octanol–water partition coefficient (Wildman–Crippen LogP) is 4.37. The molecule has 0 aliphatic carbocycles. The maximum absolute atomic E-state index is 12.7. The highest BCUT2D eigenvalue weighted by Crippen LogP contribution is 2.26. The second-order valence-corrected chi connectivity index (χ2v) is 5.82. The number of carboxylic acids is 1. The van der Waals surface area contributed by atoms with Crippen LogP contribution < -0.4 is 0 Å². The van der Waals surface area contributed by atoms with E-state index < -0.39 is 18.7 Å². The third-order valence-electron chi connectivity index (χ3n) is 3.96. The smallest absolute Gasteiger partial charge is 0.408 e. The molecule has 8 heteroatoms. The maximum atomic E-state index is 12.7. The standard InChI is InChI=1S/C18H16F3N3O2/c1-2-13-9-16(23-24(13)10-18(19,20)21)15-8-7-14(22-15)11-3-5-12(6-4-11)17(25)26/h3-9,22H,2,10H2,1H3,(H,25,26). The van der Waals surface area contributed by atoms with E-state index in [-0.39, 0.29) is 5.56 Å². The molecular formula is C18H16F3N3O2. The minimum atomic E-state index is -4.33. The fourth-order valence-corrected chi connectivity index (χ4v) is 2.68. The van der Waals surface area contributed by atoms with Gasteiger partial charge in [0, 0.05) is 11.4 Å². The van der Waals surface area contributed by atoms with Crippen molar-refractivity contribution in [2.45, 2.75) is 26.1 Å². The van der Waals surface area contributed by atoms with Gasteiger partial charge in [0.15, 0.2) is 0 Å². The number of nitrogens with zero attached hydrogens (tertiary/aromatic N) is 2. The average molecular weight is 363 g/mol. The Kier molecular flexibility index (Phi) is 4.58. The number of rotatable bonds is 5. The van der Waals surface area contributed by atoms with Gasteiger partial charge in [-0.15, -0.1) is 0 Å². The highest BCUT2D eigenvalue weighted by molar-refractivity contribution is 5.88. The number of nitrogens with one attached hydrogen (secondary N) is 1. The minimum absolute atomic E-state index is 0.180. The number of hydrogen-bond donors (Lipinski definition) is 2. The number of alkyl halides is 3. The Labute approximate surface area is 147 Å². The lowest BCUT2D eigenvalue weighted by Gasteiger charge is -2.08. The number of benzene rings is 1. The Hall–Kier alpha value is -3.03. The van der Waals surface area contributed by atoms with E-state index in [1.165, 1.54) is 12.1 Å². The summed E-state index contributed by atoms with van der Waals surface area (Å²) < 4.78 is 39.0. The molecule has 0 atom stereocenters. The van der Waals surface area contributed by atoms with E-state index in [1.54, 1.807) is 37.3 Å². The first-order valence-electron chi connectivity index (χ1n) is 7.93. The van der Waals surface area contributed by atoms with Crippen LogP contribution in [0.2, 0.25) is 0 Å². The van der Waals surface area contributed by atoms with Crippen molar-refractivity contribution < 1.29 is 23.1 Å². The molecule has 3 aromatic rings. The van der Waals surface area contributed by atoms with E-state index in [1.807, 2.05) is 0 Å². The summed E-state index contributed by atoms with van der Waals surface area (Å²) in [4.78, 5) is 14.0. The van der Waals surface area contributed by atoms with Crippen molar-refractivity contribution in [1.29, 1.82) is 0 Å². The molecule has 2 aromatic heterocycles. The molecule has 0 radical (unpaired) electrons. The topological polar surface area (TPSA) is 70.9 Å². The zero-order chi connectivity index (χ0) is 18.9. The van der Waals surface area contributed by atoms with Gasteiger partial charge in [-0.1, -0.05) is 19.1 Å². The van der Waals surface area contributed by atoms with E-state index in [0.717, 1.165) is 15.9 Å². The fraction of sp³-hybridized carbons (Fsp3) is 0.222. The molecule has 0 saturated heterocycles. The Bertz CT molecular complexity index is 924. The van der Waals surface area contributed by atoms with Crippen LogP contribution in [0.5, 0.6) is 0 Å². The molecule has 3 rings (SSSR count). The molecule has 26 heavy (non-hydrogen) atoms. The van der Waals surface area contributed by atoms with Crippen molar-refractivity contribution in [1.82, 2.24) is 14.8 Å². The van der Waals surface area contributed by atoms with Gasteiger partial charge in [0.25, 0.3) is 0 Å². The molecule has 0 amide bonds. The first kappa shape index (κ1) is 17.8. The van der Waals surface area contributed by atoms with E-state index in [9.17, 15) is 18.0 Å². The monoisotopic (exact) mass is 363 g/mol. The number of aryl methyl sites for hydroxylation is 1. The molecule has 0 aliphatic rings. The second-order valence-electron chi connectivity index (χ2n) is 5.82. The molecule has 2 N–H and O–H groups in total. The highest BCUT2D eigenvalue weighted by atomic mass is 19.4. The van der Waals surface area contributed by atoms with Gasteiger partial charge in [0.2, 0.25) is 0 Å². The number of H-pyrrole nitrogens is 1. The van der Waals surface area contributed by atoms with Gasteiger partial charge in [-0.3, -0.25) is 4.68 Å². The van der Waals surface area contributed by atoms with Crippen molar-refractivity contribution in [2.24, 2.45) is 0 Å². The van der Waals surface area contributed by atoms with Gasteiger partial charge in [-0.25, -0.2) is 4.79 Å². The van der Waals surface area contributed by atoms with E-state index in [2.05, 4.69) is 10.1 Å². The minimum Gasteiger partial charge on any atom is -0.478 e. The lowest BCUT2D eigenvalue weighted by molar-refractivity contribution is -0.143. The Morgan fingerprint density at radius 1 is 1.15 bits per heavy atom. The number of aromatic nitrogens is 3. The van der Waals surface area contributed by atoms with Gasteiger partial charge in [0.05, 0.1) is 11.3 Å². The van der Waals surface area contributed by atoms with Crippen molar-refractivity contribution in [3.63, 3.8) is 0 Å². The van der Waals surface area contributed by atoms with E-state index in [0.29, 0.717) is 23.5 Å². The number of halogens is 3. The summed E-state index contributed by atoms with van der Waals surface area (Å²) in [5.41, 5.74) is 3.20. The van der Waals surface area contributed by atoms with E-state index in [4.69, 9.17) is 5.11 Å². The molecule has 0 fully saturated rings. The van der Waals surface area contributed by atoms with Crippen LogP contribution in [0.3, 0.4) is 0 Å². The lowest BCUT2D eigenvalue weighted by Crippen LogP contribution is -2.20. The molecule has 0 saturated carbocycles. The second kappa shape index (κ2) is 6.70. The molecule has 0 spiro atoms. The predicted molar refractivity (Wildman–Crippen MR) is 89.8 cm³/mol. The molecule has 5 nitrogen and oxygen atoms in total. The van der Waals surface area contributed by atoms with Crippen LogP contribution in [-0.4, -0.2) is 32.0 Å². The zero-order valence-corrected chi connectivity index (χ0v) is 13.8. The fourth-order valence-electron chi connectivity index (χ4n) is 2.68. The normalized spacial score (nSPS) is 11.7. The van der Waals surface area contributed by atoms with E-state index >= 15 is 0 Å². The third kappa shape index (κ3) is 3.79. The molecular weight excluding hydrogens is 347 g/mol. The quantitative estimate of drug-likeness (QED) is 0.707. The molecule has 1 aromatic carbocycles. The van der Waals surface area contributed by atoms with Gasteiger partial charge in [0.1, 0.15) is 12.2 Å². The zero-order valence-electron chi connectivity index (χ0n) is 13.8. The summed E-state index contributed by atoms with van der Waals surface area (Å²) >= 11 is 0. The highest BCUT2D eigenvalue weighted by Gasteiger charge is 2.29. The number of carboxylic acid groups (broad SMARTS) is 1. The summed E-state index contributed by atoms with van der Waals surface area (Å²) in [7, 11) is 0. The van der Waals surface area contributed by atoms with Crippen LogP contribution >= 0.6 is 0 Å². The Morgan fingerprint density at radius 3 is 2.38 bits per heavy atom. The van der Waals surface area contributed by atoms with Crippen molar-refractivity contribution in [3.8, 4) is 22.6 Å². The summed E-state index contributed by atoms with van der Waals surface area (Å²) in [5, 5.41) is 13.0. The van der Waals surface area contributed by atoms with Crippen molar-refractivity contribution in [2.75, 3.05) is 0 Å². The molecule has 0 bridgehead atoms. The van der Waals surface area contributed by atoms with Gasteiger partial charge < -0.3 is 10.1 Å². The molecule has 0 unspecified atom stereocenters. The van der Waals surface area contributed by atoms with Gasteiger partial charge in [-0.05, 0) is 42.3 Å². The van der Waals surface area contributed by atoms with Crippen LogP contribution in [0.25, 0.3) is 22.6 Å². The van der Waals surface area contributed by atoms with Crippen molar-refractivity contribution in [3.05, 3.63) is 53.7 Å². The largest absolute Gasteiger partial charge is 0.478 e. The first-order chi connectivity index (χ1) is 12.3. The van der Waals surface area contributed by atoms with Crippen LogP contribution in [0, 0.1) is 0 Å². The average Bonchev–Trinajstić information content (AvgIpc) is 3.20. The van der Waals surface area contributed by atoms with Gasteiger partial charge in [-0.2, -0.15) is 18.3 Å². The van der Waals surface area contributed by atoms with Crippen molar-refractivity contribution >= 4 is 5.97 Å². The summed E-state index contributed by atoms with van der Waals surface area (Å²) in [6.45, 7) is 0.651. The van der Waals surface area contributed by atoms with Crippen LogP contribution in [0.15, 0.2) is 42.5 Å². The van der Waals surface area contributed by atoms with Crippen LogP contribution in [0.4, 0.5) is 13.2 Å². The maximum Gasteiger partial charge on any atom is 0.408 e. The van der Waals surface area contributed by atoms with Crippen LogP contribution in [-0.2, 0) is 13.0 Å². The summed E-state index contributed by atoms with van der Waals surface area (Å²) in [6.07, 6.45) is -3.90. The molecule has 0 aliphatic heterocycles.